The molecule has 0 radical (unpaired) electrons. The summed E-state index contributed by atoms with van der Waals surface area (Å²) >= 11 is 0. The molecule has 80 valence electrons. The summed E-state index contributed by atoms with van der Waals surface area (Å²) in [5.74, 6) is 0.191. The van der Waals surface area contributed by atoms with Gasteiger partial charge in [0.25, 0.3) is 0 Å². The molecule has 3 heteroatoms. The first-order valence-corrected chi connectivity index (χ1v) is 4.83. The van der Waals surface area contributed by atoms with Crippen LogP contribution in [0.15, 0.2) is 24.3 Å². The van der Waals surface area contributed by atoms with Gasteiger partial charge in [-0.15, -0.1) is 0 Å². The van der Waals surface area contributed by atoms with Crippen LogP contribution in [0.1, 0.15) is 20.3 Å². The predicted molar refractivity (Wildman–Crippen MR) is 55.9 cm³/mol. The highest BCUT2D eigenvalue weighted by Crippen LogP contribution is 2.19. The van der Waals surface area contributed by atoms with E-state index >= 15 is 0 Å². The second kappa shape index (κ2) is 4.79. The van der Waals surface area contributed by atoms with E-state index in [-0.39, 0.29) is 5.82 Å². The average Bonchev–Trinajstić information content (AvgIpc) is 2.18. The van der Waals surface area contributed by atoms with Crippen LogP contribution < -0.4 is 4.74 Å². The quantitative estimate of drug-likeness (QED) is 0.759. The fraction of sp³-hybridized carbons (Fsp3) is 0.417. The van der Waals surface area contributed by atoms with E-state index in [1.165, 1.54) is 12.1 Å². The van der Waals surface area contributed by atoms with Gasteiger partial charge in [-0.3, -0.25) is 0 Å². The van der Waals surface area contributed by atoms with E-state index in [1.807, 2.05) is 13.8 Å². The van der Waals surface area contributed by atoms with E-state index in [0.717, 1.165) is 0 Å². The van der Waals surface area contributed by atoms with E-state index < -0.39 is 5.41 Å². The zero-order chi connectivity index (χ0) is 11.3. The Hall–Kier alpha value is -1.56. The van der Waals surface area contributed by atoms with Crippen molar-refractivity contribution >= 4 is 0 Å². The number of ether oxygens (including phenoxy) is 1. The van der Waals surface area contributed by atoms with E-state index in [4.69, 9.17) is 10.00 Å². The van der Waals surface area contributed by atoms with Crippen LogP contribution in [0.5, 0.6) is 5.75 Å². The Morgan fingerprint density at radius 1 is 1.47 bits per heavy atom. The molecule has 1 rings (SSSR count). The van der Waals surface area contributed by atoms with Crippen LogP contribution in [0.4, 0.5) is 4.39 Å². The fourth-order valence-corrected chi connectivity index (χ4v) is 1.04. The Kier molecular flexibility index (Phi) is 3.68. The zero-order valence-corrected chi connectivity index (χ0v) is 8.96. The van der Waals surface area contributed by atoms with Gasteiger partial charge in [-0.1, -0.05) is 6.07 Å². The summed E-state index contributed by atoms with van der Waals surface area (Å²) < 4.78 is 18.1. The number of benzene rings is 1. The molecule has 0 saturated carbocycles. The molecule has 0 spiro atoms. The first-order valence-electron chi connectivity index (χ1n) is 4.83. The lowest BCUT2D eigenvalue weighted by molar-refractivity contribution is 0.263. The molecule has 1 aromatic carbocycles. The van der Waals surface area contributed by atoms with Gasteiger partial charge >= 0.3 is 0 Å². The highest BCUT2D eigenvalue weighted by atomic mass is 19.1. The Bertz CT molecular complexity index is 368. The molecule has 0 atom stereocenters. The second-order valence-electron chi connectivity index (χ2n) is 4.05. The molecular formula is C12H14FNO. The van der Waals surface area contributed by atoms with Gasteiger partial charge in [0.05, 0.1) is 18.1 Å². The van der Waals surface area contributed by atoms with Crippen molar-refractivity contribution in [2.45, 2.75) is 20.3 Å². The van der Waals surface area contributed by atoms with Gasteiger partial charge in [0.1, 0.15) is 11.6 Å². The minimum Gasteiger partial charge on any atom is -0.493 e. The lowest BCUT2D eigenvalue weighted by Crippen LogP contribution is -2.13. The first kappa shape index (κ1) is 11.5. The van der Waals surface area contributed by atoms with Crippen molar-refractivity contribution in [1.29, 1.82) is 5.26 Å². The van der Waals surface area contributed by atoms with Crippen LogP contribution in [0, 0.1) is 22.6 Å². The first-order chi connectivity index (χ1) is 7.03. The molecule has 0 unspecified atom stereocenters. The molecular weight excluding hydrogens is 193 g/mol. The molecule has 15 heavy (non-hydrogen) atoms. The number of hydrogen-bond acceptors (Lipinski definition) is 2. The number of rotatable bonds is 4. The number of halogens is 1. The third-order valence-corrected chi connectivity index (χ3v) is 2.09. The van der Waals surface area contributed by atoms with Crippen LogP contribution in [0.3, 0.4) is 0 Å². The molecule has 0 aromatic heterocycles. The maximum atomic E-state index is 12.8. The minimum atomic E-state index is -0.396. The van der Waals surface area contributed by atoms with Crippen molar-refractivity contribution in [3.05, 3.63) is 30.1 Å². The van der Waals surface area contributed by atoms with Crippen LogP contribution >= 0.6 is 0 Å². The third kappa shape index (κ3) is 3.99. The smallest absolute Gasteiger partial charge is 0.126 e. The van der Waals surface area contributed by atoms with Crippen molar-refractivity contribution in [1.82, 2.24) is 0 Å². The summed E-state index contributed by atoms with van der Waals surface area (Å²) in [6.45, 7) is 4.12. The highest BCUT2D eigenvalue weighted by molar-refractivity contribution is 5.22. The van der Waals surface area contributed by atoms with E-state index in [1.54, 1.807) is 12.1 Å². The Morgan fingerprint density at radius 3 is 2.80 bits per heavy atom. The lowest BCUT2D eigenvalue weighted by atomic mass is 9.92. The molecule has 1 aromatic rings. The van der Waals surface area contributed by atoms with Gasteiger partial charge in [-0.25, -0.2) is 4.39 Å². The monoisotopic (exact) mass is 207 g/mol. The summed E-state index contributed by atoms with van der Waals surface area (Å²) in [7, 11) is 0. The maximum Gasteiger partial charge on any atom is 0.126 e. The van der Waals surface area contributed by atoms with Crippen molar-refractivity contribution in [3.8, 4) is 11.8 Å². The van der Waals surface area contributed by atoms with Crippen molar-refractivity contribution in [3.63, 3.8) is 0 Å². The van der Waals surface area contributed by atoms with Gasteiger partial charge in [0.2, 0.25) is 0 Å². The van der Waals surface area contributed by atoms with Gasteiger partial charge in [0, 0.05) is 6.07 Å². The second-order valence-corrected chi connectivity index (χ2v) is 4.05. The highest BCUT2D eigenvalue weighted by Gasteiger charge is 2.16. The van der Waals surface area contributed by atoms with E-state index in [9.17, 15) is 4.39 Å². The molecule has 0 fully saturated rings. The van der Waals surface area contributed by atoms with Gasteiger partial charge in [-0.2, -0.15) is 5.26 Å². The van der Waals surface area contributed by atoms with Crippen molar-refractivity contribution in [2.24, 2.45) is 5.41 Å². The zero-order valence-electron chi connectivity index (χ0n) is 8.96. The summed E-state index contributed by atoms with van der Waals surface area (Å²) in [6, 6.07) is 8.18. The Balaban J connectivity index is 2.42. The average molecular weight is 207 g/mol. The van der Waals surface area contributed by atoms with Gasteiger partial charge in [-0.05, 0) is 32.4 Å². The largest absolute Gasteiger partial charge is 0.493 e. The number of nitriles is 1. The predicted octanol–water partition coefficient (Wildman–Crippen LogP) is 3.14. The van der Waals surface area contributed by atoms with E-state index in [0.29, 0.717) is 18.8 Å². The minimum absolute atomic E-state index is 0.313. The molecule has 0 bridgehead atoms. The van der Waals surface area contributed by atoms with Crippen molar-refractivity contribution in [2.75, 3.05) is 6.61 Å². The fourth-order valence-electron chi connectivity index (χ4n) is 1.04. The van der Waals surface area contributed by atoms with E-state index in [2.05, 4.69) is 6.07 Å². The molecule has 2 nitrogen and oxygen atoms in total. The number of hydrogen-bond donors (Lipinski definition) is 0. The van der Waals surface area contributed by atoms with Gasteiger partial charge < -0.3 is 4.74 Å². The topological polar surface area (TPSA) is 33.0 Å². The lowest BCUT2D eigenvalue weighted by Gasteiger charge is -2.15. The van der Waals surface area contributed by atoms with Crippen LogP contribution in [0.2, 0.25) is 0 Å². The van der Waals surface area contributed by atoms with Crippen molar-refractivity contribution < 1.29 is 9.13 Å². The Morgan fingerprint density at radius 2 is 2.20 bits per heavy atom. The van der Waals surface area contributed by atoms with Gasteiger partial charge in [0.15, 0.2) is 0 Å². The molecule has 0 aliphatic heterocycles. The molecule has 0 aliphatic rings. The Labute approximate surface area is 89.3 Å². The normalized spacial score (nSPS) is 10.8. The van der Waals surface area contributed by atoms with Crippen LogP contribution in [0.25, 0.3) is 0 Å². The molecule has 0 N–H and O–H groups in total. The molecule has 0 saturated heterocycles. The summed E-state index contributed by atoms with van der Waals surface area (Å²) in [5, 5.41) is 8.77. The third-order valence-electron chi connectivity index (χ3n) is 2.09. The van der Waals surface area contributed by atoms with Crippen LogP contribution in [-0.4, -0.2) is 6.61 Å². The van der Waals surface area contributed by atoms with Crippen LogP contribution in [-0.2, 0) is 0 Å². The molecule has 0 aliphatic carbocycles. The SMILES string of the molecule is CC(C)(C#N)CCOc1cccc(F)c1. The standard InChI is InChI=1S/C12H14FNO/c1-12(2,9-14)6-7-15-11-5-3-4-10(13)8-11/h3-5,8H,6-7H2,1-2H3. The summed E-state index contributed by atoms with van der Waals surface area (Å²) in [6.07, 6.45) is 0.625. The molecule has 0 heterocycles. The molecule has 0 amide bonds. The summed E-state index contributed by atoms with van der Waals surface area (Å²) in [5.41, 5.74) is -0.396. The number of nitrogens with zero attached hydrogens (tertiary/aromatic N) is 1. The maximum absolute atomic E-state index is 12.8. The summed E-state index contributed by atoms with van der Waals surface area (Å²) in [4.78, 5) is 0.